The molecular weight excluding hydrogens is 288 g/mol. The van der Waals surface area contributed by atoms with Crippen molar-refractivity contribution < 1.29 is 4.74 Å². The summed E-state index contributed by atoms with van der Waals surface area (Å²) >= 11 is 6.05. The van der Waals surface area contributed by atoms with Crippen LogP contribution in [0, 0.1) is 0 Å². The fourth-order valence-corrected chi connectivity index (χ4v) is 2.45. The number of hydrogen-bond acceptors (Lipinski definition) is 5. The van der Waals surface area contributed by atoms with Crippen molar-refractivity contribution in [2.45, 2.75) is 18.9 Å². The largest absolute Gasteiger partial charge is 0.453 e. The van der Waals surface area contributed by atoms with Crippen molar-refractivity contribution in [1.82, 2.24) is 9.97 Å². The molecule has 1 aliphatic rings. The standard InChI is InChI=1S/C15H17ClN4O/c16-13-3-1-2-4-14(13)21-12-9-18-15(19-10-12)20-7-5-11(17)6-8-20/h1-4,9-11H,5-8,17H2. The van der Waals surface area contributed by atoms with Crippen molar-refractivity contribution in [3.05, 3.63) is 41.7 Å². The van der Waals surface area contributed by atoms with Crippen molar-refractivity contribution in [3.8, 4) is 11.5 Å². The molecule has 21 heavy (non-hydrogen) atoms. The van der Waals surface area contributed by atoms with Crippen LogP contribution in [0.3, 0.4) is 0 Å². The Balaban J connectivity index is 1.68. The van der Waals surface area contributed by atoms with Crippen molar-refractivity contribution in [2.24, 2.45) is 5.73 Å². The first-order chi connectivity index (χ1) is 10.2. The van der Waals surface area contributed by atoms with E-state index in [2.05, 4.69) is 14.9 Å². The summed E-state index contributed by atoms with van der Waals surface area (Å²) in [5.41, 5.74) is 5.90. The Kier molecular flexibility index (Phi) is 4.22. The predicted molar refractivity (Wildman–Crippen MR) is 83.0 cm³/mol. The van der Waals surface area contributed by atoms with Crippen molar-refractivity contribution >= 4 is 17.5 Å². The minimum atomic E-state index is 0.295. The van der Waals surface area contributed by atoms with Gasteiger partial charge >= 0.3 is 0 Å². The fraction of sp³-hybridized carbons (Fsp3) is 0.333. The SMILES string of the molecule is NC1CCN(c2ncc(Oc3ccccc3Cl)cn2)CC1. The van der Waals surface area contributed by atoms with Crippen LogP contribution in [0.25, 0.3) is 0 Å². The molecule has 1 aromatic heterocycles. The monoisotopic (exact) mass is 304 g/mol. The summed E-state index contributed by atoms with van der Waals surface area (Å²) in [6, 6.07) is 7.61. The maximum atomic E-state index is 6.05. The zero-order valence-corrected chi connectivity index (χ0v) is 12.3. The Hall–Kier alpha value is -1.85. The van der Waals surface area contributed by atoms with Crippen LogP contribution < -0.4 is 15.4 Å². The van der Waals surface area contributed by atoms with Gasteiger partial charge in [0.05, 0.1) is 17.4 Å². The second kappa shape index (κ2) is 6.28. The average Bonchev–Trinajstić information content (AvgIpc) is 2.51. The second-order valence-electron chi connectivity index (χ2n) is 5.08. The molecule has 0 unspecified atom stereocenters. The van der Waals surface area contributed by atoms with E-state index in [-0.39, 0.29) is 0 Å². The Morgan fingerprint density at radius 3 is 2.48 bits per heavy atom. The molecule has 110 valence electrons. The molecule has 1 aliphatic heterocycles. The first-order valence-electron chi connectivity index (χ1n) is 6.97. The molecule has 1 aromatic carbocycles. The third-order valence-electron chi connectivity index (χ3n) is 3.50. The maximum absolute atomic E-state index is 6.05. The molecule has 0 atom stereocenters. The molecule has 1 fully saturated rings. The summed E-state index contributed by atoms with van der Waals surface area (Å²) in [4.78, 5) is 10.9. The van der Waals surface area contributed by atoms with Gasteiger partial charge < -0.3 is 15.4 Å². The van der Waals surface area contributed by atoms with Crippen molar-refractivity contribution in [1.29, 1.82) is 0 Å². The normalized spacial score (nSPS) is 16.0. The van der Waals surface area contributed by atoms with Gasteiger partial charge in [-0.25, -0.2) is 9.97 Å². The fourth-order valence-electron chi connectivity index (χ4n) is 2.28. The number of nitrogens with two attached hydrogens (primary N) is 1. The van der Waals surface area contributed by atoms with Gasteiger partial charge in [0, 0.05) is 19.1 Å². The maximum Gasteiger partial charge on any atom is 0.225 e. The van der Waals surface area contributed by atoms with Crippen LogP contribution in [0.15, 0.2) is 36.7 Å². The first kappa shape index (κ1) is 14.1. The van der Waals surface area contributed by atoms with Gasteiger partial charge in [-0.1, -0.05) is 23.7 Å². The molecule has 2 N–H and O–H groups in total. The molecule has 0 amide bonds. The zero-order valence-electron chi connectivity index (χ0n) is 11.6. The van der Waals surface area contributed by atoms with E-state index in [1.807, 2.05) is 18.2 Å². The topological polar surface area (TPSA) is 64.3 Å². The molecule has 2 heterocycles. The van der Waals surface area contributed by atoms with Gasteiger partial charge in [0.2, 0.25) is 5.95 Å². The molecular formula is C15H17ClN4O. The molecule has 5 nitrogen and oxygen atoms in total. The molecule has 6 heteroatoms. The van der Waals surface area contributed by atoms with Crippen LogP contribution >= 0.6 is 11.6 Å². The number of hydrogen-bond donors (Lipinski definition) is 1. The van der Waals surface area contributed by atoms with Gasteiger partial charge in [-0.05, 0) is 25.0 Å². The number of para-hydroxylation sites is 1. The highest BCUT2D eigenvalue weighted by Crippen LogP contribution is 2.28. The summed E-state index contributed by atoms with van der Waals surface area (Å²) in [5, 5.41) is 0.562. The summed E-state index contributed by atoms with van der Waals surface area (Å²) in [5.74, 6) is 1.88. The smallest absolute Gasteiger partial charge is 0.225 e. The molecule has 0 spiro atoms. The lowest BCUT2D eigenvalue weighted by atomic mass is 10.1. The van der Waals surface area contributed by atoms with Crippen molar-refractivity contribution in [3.63, 3.8) is 0 Å². The molecule has 2 aromatic rings. The van der Waals surface area contributed by atoms with Gasteiger partial charge in [-0.3, -0.25) is 0 Å². The van der Waals surface area contributed by atoms with Crippen LogP contribution in [0.4, 0.5) is 5.95 Å². The number of nitrogens with zero attached hydrogens (tertiary/aromatic N) is 3. The number of piperidine rings is 1. The lowest BCUT2D eigenvalue weighted by Crippen LogP contribution is -2.40. The Morgan fingerprint density at radius 1 is 1.14 bits per heavy atom. The summed E-state index contributed by atoms with van der Waals surface area (Å²) in [6.07, 6.45) is 5.28. The summed E-state index contributed by atoms with van der Waals surface area (Å²) in [6.45, 7) is 1.79. The number of rotatable bonds is 3. The summed E-state index contributed by atoms with van der Waals surface area (Å²) < 4.78 is 5.67. The third-order valence-corrected chi connectivity index (χ3v) is 3.81. The average molecular weight is 305 g/mol. The van der Waals surface area contributed by atoms with E-state index in [0.717, 1.165) is 25.9 Å². The lowest BCUT2D eigenvalue weighted by Gasteiger charge is -2.29. The number of anilines is 1. The van der Waals surface area contributed by atoms with E-state index < -0.39 is 0 Å². The second-order valence-corrected chi connectivity index (χ2v) is 5.48. The van der Waals surface area contributed by atoms with Crippen LogP contribution in [0.5, 0.6) is 11.5 Å². The van der Waals surface area contributed by atoms with E-state index in [1.165, 1.54) is 0 Å². The highest BCUT2D eigenvalue weighted by molar-refractivity contribution is 6.32. The Labute approximate surface area is 128 Å². The number of ether oxygens (including phenoxy) is 1. The van der Waals surface area contributed by atoms with E-state index >= 15 is 0 Å². The molecule has 0 saturated carbocycles. The van der Waals surface area contributed by atoms with Gasteiger partial charge in [0.15, 0.2) is 5.75 Å². The zero-order chi connectivity index (χ0) is 14.7. The highest BCUT2D eigenvalue weighted by atomic mass is 35.5. The Morgan fingerprint density at radius 2 is 1.81 bits per heavy atom. The van der Waals surface area contributed by atoms with Gasteiger partial charge in [0.25, 0.3) is 0 Å². The first-order valence-corrected chi connectivity index (χ1v) is 7.35. The van der Waals surface area contributed by atoms with Crippen LogP contribution in [-0.2, 0) is 0 Å². The summed E-state index contributed by atoms with van der Waals surface area (Å²) in [7, 11) is 0. The van der Waals surface area contributed by atoms with Gasteiger partial charge in [-0.15, -0.1) is 0 Å². The van der Waals surface area contributed by atoms with Crippen LogP contribution in [0.1, 0.15) is 12.8 Å². The minimum Gasteiger partial charge on any atom is -0.453 e. The number of halogens is 1. The van der Waals surface area contributed by atoms with E-state index in [0.29, 0.717) is 28.5 Å². The van der Waals surface area contributed by atoms with Gasteiger partial charge in [-0.2, -0.15) is 0 Å². The van der Waals surface area contributed by atoms with Crippen LogP contribution in [-0.4, -0.2) is 29.1 Å². The van der Waals surface area contributed by atoms with E-state index in [1.54, 1.807) is 18.5 Å². The third kappa shape index (κ3) is 3.43. The number of aromatic nitrogens is 2. The van der Waals surface area contributed by atoms with Crippen LogP contribution in [0.2, 0.25) is 5.02 Å². The van der Waals surface area contributed by atoms with E-state index in [9.17, 15) is 0 Å². The predicted octanol–water partition coefficient (Wildman–Crippen LogP) is 2.85. The highest BCUT2D eigenvalue weighted by Gasteiger charge is 2.18. The molecule has 1 saturated heterocycles. The van der Waals surface area contributed by atoms with Gasteiger partial charge in [0.1, 0.15) is 5.75 Å². The molecule has 3 rings (SSSR count). The van der Waals surface area contributed by atoms with Crippen molar-refractivity contribution in [2.75, 3.05) is 18.0 Å². The number of benzene rings is 1. The lowest BCUT2D eigenvalue weighted by molar-refractivity contribution is 0.473. The minimum absolute atomic E-state index is 0.295. The molecule has 0 radical (unpaired) electrons. The molecule has 0 bridgehead atoms. The Bertz CT molecular complexity index is 597. The quantitative estimate of drug-likeness (QED) is 0.944. The van der Waals surface area contributed by atoms with E-state index in [4.69, 9.17) is 22.1 Å². The molecule has 0 aliphatic carbocycles.